The fourth-order valence-electron chi connectivity index (χ4n) is 2.75. The van der Waals surface area contributed by atoms with Gasteiger partial charge in [-0.25, -0.2) is 0 Å². The molecule has 1 N–H and O–H groups in total. The molecule has 100 valence electrons. The fourth-order valence-corrected chi connectivity index (χ4v) is 2.75. The molecule has 2 heterocycles. The van der Waals surface area contributed by atoms with Gasteiger partial charge in [0.15, 0.2) is 0 Å². The number of pyridine rings is 1. The van der Waals surface area contributed by atoms with Gasteiger partial charge in [-0.3, -0.25) is 4.98 Å². The Balaban J connectivity index is 2.09. The Labute approximate surface area is 110 Å². The fraction of sp³-hybridized carbons (Fsp3) is 0.667. The van der Waals surface area contributed by atoms with Gasteiger partial charge in [0.05, 0.1) is 5.60 Å². The van der Waals surface area contributed by atoms with Crippen molar-refractivity contribution in [2.24, 2.45) is 0 Å². The molecule has 0 bridgehead atoms. The Hall–Kier alpha value is -0.930. The van der Waals surface area contributed by atoms with Crippen LogP contribution in [0.2, 0.25) is 0 Å². The van der Waals surface area contributed by atoms with Gasteiger partial charge in [0.1, 0.15) is 0 Å². The second kappa shape index (κ2) is 5.81. The van der Waals surface area contributed by atoms with E-state index in [1.165, 1.54) is 6.42 Å². The lowest BCUT2D eigenvalue weighted by molar-refractivity contribution is 0.0209. The van der Waals surface area contributed by atoms with Gasteiger partial charge in [-0.2, -0.15) is 0 Å². The molecule has 2 rings (SSSR count). The molecule has 1 saturated heterocycles. The summed E-state index contributed by atoms with van der Waals surface area (Å²) in [5, 5.41) is 10.8. The highest BCUT2D eigenvalue weighted by Crippen LogP contribution is 2.32. The third-order valence-electron chi connectivity index (χ3n) is 3.89. The van der Waals surface area contributed by atoms with Crippen molar-refractivity contribution in [1.29, 1.82) is 0 Å². The van der Waals surface area contributed by atoms with Crippen molar-refractivity contribution in [3.05, 3.63) is 29.6 Å². The van der Waals surface area contributed by atoms with Crippen molar-refractivity contribution in [1.82, 2.24) is 9.88 Å². The average Bonchev–Trinajstić information content (AvgIpc) is 2.54. The van der Waals surface area contributed by atoms with Gasteiger partial charge in [-0.1, -0.05) is 13.0 Å². The quantitative estimate of drug-likeness (QED) is 0.892. The van der Waals surface area contributed by atoms with Crippen molar-refractivity contribution in [3.8, 4) is 0 Å². The van der Waals surface area contributed by atoms with Crippen LogP contribution in [0.4, 0.5) is 0 Å². The molecule has 1 atom stereocenters. The maximum absolute atomic E-state index is 10.8. The highest BCUT2D eigenvalue weighted by atomic mass is 16.3. The van der Waals surface area contributed by atoms with Crippen LogP contribution < -0.4 is 0 Å². The molecule has 1 aromatic rings. The minimum atomic E-state index is -0.677. The first-order valence-corrected chi connectivity index (χ1v) is 7.02. The summed E-state index contributed by atoms with van der Waals surface area (Å²) in [5.74, 6) is 0. The van der Waals surface area contributed by atoms with Crippen LogP contribution in [-0.4, -0.2) is 34.6 Å². The van der Waals surface area contributed by atoms with Gasteiger partial charge in [0, 0.05) is 24.0 Å². The standard InChI is InChI=1S/C15H24N2O/c1-3-9-17-10-4-7-15(18,8-11-17)14-6-5-13(2)16-12-14/h5-6,12,18H,3-4,7-11H2,1-2H3. The van der Waals surface area contributed by atoms with Crippen LogP contribution in [0.5, 0.6) is 0 Å². The second-order valence-electron chi connectivity index (χ2n) is 5.42. The summed E-state index contributed by atoms with van der Waals surface area (Å²) in [4.78, 5) is 6.77. The van der Waals surface area contributed by atoms with E-state index in [9.17, 15) is 5.11 Å². The molecular formula is C15H24N2O. The summed E-state index contributed by atoms with van der Waals surface area (Å²) < 4.78 is 0. The molecule has 1 aliphatic heterocycles. The molecule has 0 amide bonds. The van der Waals surface area contributed by atoms with E-state index >= 15 is 0 Å². The Morgan fingerprint density at radius 3 is 2.83 bits per heavy atom. The monoisotopic (exact) mass is 248 g/mol. The Bertz CT molecular complexity index is 377. The molecule has 0 aliphatic carbocycles. The van der Waals surface area contributed by atoms with Gasteiger partial charge in [-0.15, -0.1) is 0 Å². The average molecular weight is 248 g/mol. The third-order valence-corrected chi connectivity index (χ3v) is 3.89. The molecule has 0 radical (unpaired) electrons. The minimum absolute atomic E-state index is 0.677. The van der Waals surface area contributed by atoms with Crippen LogP contribution in [0.25, 0.3) is 0 Å². The Kier molecular flexibility index (Phi) is 4.36. The van der Waals surface area contributed by atoms with E-state index in [2.05, 4.69) is 16.8 Å². The maximum atomic E-state index is 10.8. The summed E-state index contributed by atoms with van der Waals surface area (Å²) >= 11 is 0. The third kappa shape index (κ3) is 3.09. The van der Waals surface area contributed by atoms with Gasteiger partial charge >= 0.3 is 0 Å². The summed E-state index contributed by atoms with van der Waals surface area (Å²) in [6.45, 7) is 7.42. The number of aromatic nitrogens is 1. The molecule has 3 nitrogen and oxygen atoms in total. The van der Waals surface area contributed by atoms with E-state index in [1.807, 2.05) is 25.3 Å². The molecule has 1 aliphatic rings. The lowest BCUT2D eigenvalue weighted by Crippen LogP contribution is -2.29. The van der Waals surface area contributed by atoms with Gasteiger partial charge in [0.2, 0.25) is 0 Å². The molecule has 0 saturated carbocycles. The van der Waals surface area contributed by atoms with E-state index in [1.54, 1.807) is 0 Å². The molecule has 18 heavy (non-hydrogen) atoms. The van der Waals surface area contributed by atoms with Gasteiger partial charge in [0.25, 0.3) is 0 Å². The highest BCUT2D eigenvalue weighted by Gasteiger charge is 2.31. The number of rotatable bonds is 3. The largest absolute Gasteiger partial charge is 0.385 e. The lowest BCUT2D eigenvalue weighted by atomic mass is 9.88. The van der Waals surface area contributed by atoms with E-state index in [4.69, 9.17) is 0 Å². The molecule has 1 aromatic heterocycles. The topological polar surface area (TPSA) is 36.4 Å². The van der Waals surface area contributed by atoms with Crippen LogP contribution in [-0.2, 0) is 5.60 Å². The van der Waals surface area contributed by atoms with Crippen LogP contribution in [0, 0.1) is 6.92 Å². The summed E-state index contributed by atoms with van der Waals surface area (Å²) in [6, 6.07) is 4.01. The molecule has 3 heteroatoms. The van der Waals surface area contributed by atoms with Crippen molar-refractivity contribution >= 4 is 0 Å². The predicted octanol–water partition coefficient (Wildman–Crippen LogP) is 2.47. The van der Waals surface area contributed by atoms with Crippen LogP contribution in [0.1, 0.15) is 43.9 Å². The van der Waals surface area contributed by atoms with E-state index in [-0.39, 0.29) is 0 Å². The van der Waals surface area contributed by atoms with E-state index in [0.29, 0.717) is 0 Å². The number of aliphatic hydroxyl groups is 1. The van der Waals surface area contributed by atoms with Crippen molar-refractivity contribution in [3.63, 3.8) is 0 Å². The maximum Gasteiger partial charge on any atom is 0.0924 e. The van der Waals surface area contributed by atoms with Crippen LogP contribution in [0.3, 0.4) is 0 Å². The zero-order valence-corrected chi connectivity index (χ0v) is 11.5. The normalized spacial score (nSPS) is 25.9. The van der Waals surface area contributed by atoms with Crippen molar-refractivity contribution < 1.29 is 5.11 Å². The molecule has 0 spiro atoms. The number of aryl methyl sites for hydroxylation is 1. The summed E-state index contributed by atoms with van der Waals surface area (Å²) in [7, 11) is 0. The number of hydrogen-bond acceptors (Lipinski definition) is 3. The SMILES string of the molecule is CCCN1CCCC(O)(c2ccc(C)nc2)CC1. The summed E-state index contributed by atoms with van der Waals surface area (Å²) in [5.41, 5.74) is 1.30. The van der Waals surface area contributed by atoms with Crippen LogP contribution in [0.15, 0.2) is 18.3 Å². The van der Waals surface area contributed by atoms with Gasteiger partial charge < -0.3 is 10.0 Å². The first kappa shape index (κ1) is 13.5. The zero-order valence-electron chi connectivity index (χ0n) is 11.5. The molecule has 0 aromatic carbocycles. The van der Waals surface area contributed by atoms with Crippen LogP contribution >= 0.6 is 0 Å². The Morgan fingerprint density at radius 1 is 1.33 bits per heavy atom. The van der Waals surface area contributed by atoms with Crippen molar-refractivity contribution in [2.45, 2.75) is 45.1 Å². The zero-order chi connectivity index (χ0) is 13.0. The first-order chi connectivity index (χ1) is 8.64. The lowest BCUT2D eigenvalue weighted by Gasteiger charge is -2.27. The minimum Gasteiger partial charge on any atom is -0.385 e. The highest BCUT2D eigenvalue weighted by molar-refractivity contribution is 5.21. The van der Waals surface area contributed by atoms with E-state index in [0.717, 1.165) is 50.2 Å². The molecule has 1 unspecified atom stereocenters. The summed E-state index contributed by atoms with van der Waals surface area (Å²) in [6.07, 6.45) is 5.75. The smallest absolute Gasteiger partial charge is 0.0924 e. The van der Waals surface area contributed by atoms with Crippen molar-refractivity contribution in [2.75, 3.05) is 19.6 Å². The number of hydrogen-bond donors (Lipinski definition) is 1. The number of likely N-dealkylation sites (tertiary alicyclic amines) is 1. The first-order valence-electron chi connectivity index (χ1n) is 7.02. The predicted molar refractivity (Wildman–Crippen MR) is 73.5 cm³/mol. The molecular weight excluding hydrogens is 224 g/mol. The number of nitrogens with zero attached hydrogens (tertiary/aromatic N) is 2. The van der Waals surface area contributed by atoms with Gasteiger partial charge in [-0.05, 0) is 51.8 Å². The Morgan fingerprint density at radius 2 is 2.17 bits per heavy atom. The van der Waals surface area contributed by atoms with E-state index < -0.39 is 5.60 Å². The second-order valence-corrected chi connectivity index (χ2v) is 5.42. The molecule has 1 fully saturated rings.